The molecule has 7 nitrogen and oxygen atoms in total. The van der Waals surface area contributed by atoms with Gasteiger partial charge in [0.25, 0.3) is 10.0 Å². The summed E-state index contributed by atoms with van der Waals surface area (Å²) in [6.45, 7) is 1.81. The molecule has 0 aliphatic carbocycles. The van der Waals surface area contributed by atoms with Crippen molar-refractivity contribution in [2.75, 3.05) is 0 Å². The molecule has 0 amide bonds. The van der Waals surface area contributed by atoms with E-state index in [1.165, 1.54) is 30.6 Å². The first-order valence-electron chi connectivity index (χ1n) is 6.81. The van der Waals surface area contributed by atoms with Gasteiger partial charge in [0.1, 0.15) is 11.8 Å². The van der Waals surface area contributed by atoms with Gasteiger partial charge in [-0.15, -0.1) is 0 Å². The van der Waals surface area contributed by atoms with Gasteiger partial charge in [0.15, 0.2) is 0 Å². The van der Waals surface area contributed by atoms with Crippen molar-refractivity contribution in [1.29, 1.82) is 5.26 Å². The molecule has 0 spiro atoms. The van der Waals surface area contributed by atoms with E-state index in [2.05, 4.69) is 4.98 Å². The second kappa shape index (κ2) is 5.47. The second-order valence-corrected chi connectivity index (χ2v) is 6.94. The molecule has 120 valence electrons. The fourth-order valence-corrected chi connectivity index (χ4v) is 3.90. The number of carbonyl (C=O) groups is 1. The summed E-state index contributed by atoms with van der Waals surface area (Å²) in [5, 5.41) is 18.7. The van der Waals surface area contributed by atoms with E-state index in [0.29, 0.717) is 3.97 Å². The van der Waals surface area contributed by atoms with Gasteiger partial charge in [-0.25, -0.2) is 17.2 Å². The Morgan fingerprint density at radius 3 is 2.50 bits per heavy atom. The maximum absolute atomic E-state index is 12.9. The van der Waals surface area contributed by atoms with E-state index in [4.69, 9.17) is 5.26 Å². The number of hydrogen-bond donors (Lipinski definition) is 1. The van der Waals surface area contributed by atoms with Gasteiger partial charge in [0.2, 0.25) is 0 Å². The first-order chi connectivity index (χ1) is 11.4. The highest BCUT2D eigenvalue weighted by Crippen LogP contribution is 2.27. The van der Waals surface area contributed by atoms with E-state index in [-0.39, 0.29) is 21.4 Å². The maximum atomic E-state index is 12.9. The Morgan fingerprint density at radius 2 is 1.92 bits per heavy atom. The van der Waals surface area contributed by atoms with E-state index in [1.54, 1.807) is 12.1 Å². The average molecular weight is 341 g/mol. The molecule has 8 heteroatoms. The zero-order chi connectivity index (χ0) is 17.5. The second-order valence-electron chi connectivity index (χ2n) is 5.15. The summed E-state index contributed by atoms with van der Waals surface area (Å²) in [6, 6.07) is 9.11. The highest BCUT2D eigenvalue weighted by Gasteiger charge is 2.27. The van der Waals surface area contributed by atoms with Crippen molar-refractivity contribution in [1.82, 2.24) is 8.96 Å². The van der Waals surface area contributed by atoms with Crippen LogP contribution in [-0.2, 0) is 10.0 Å². The van der Waals surface area contributed by atoms with Crippen LogP contribution in [0, 0.1) is 18.3 Å². The van der Waals surface area contributed by atoms with Crippen molar-refractivity contribution in [2.45, 2.75) is 11.8 Å². The molecule has 0 aliphatic heterocycles. The van der Waals surface area contributed by atoms with Gasteiger partial charge in [-0.3, -0.25) is 4.98 Å². The molecule has 1 aromatic carbocycles. The summed E-state index contributed by atoms with van der Waals surface area (Å²) < 4.78 is 26.6. The van der Waals surface area contributed by atoms with E-state index in [0.717, 1.165) is 5.56 Å². The first-order valence-corrected chi connectivity index (χ1v) is 8.25. The van der Waals surface area contributed by atoms with Crippen LogP contribution in [0.2, 0.25) is 0 Å². The van der Waals surface area contributed by atoms with Gasteiger partial charge in [-0.2, -0.15) is 5.26 Å². The van der Waals surface area contributed by atoms with E-state index < -0.39 is 21.7 Å². The predicted molar refractivity (Wildman–Crippen MR) is 85.2 cm³/mol. The van der Waals surface area contributed by atoms with Crippen LogP contribution in [0.1, 0.15) is 21.6 Å². The molecular weight excluding hydrogens is 330 g/mol. The lowest BCUT2D eigenvalue weighted by Crippen LogP contribution is -2.18. The number of rotatable bonds is 3. The van der Waals surface area contributed by atoms with Crippen molar-refractivity contribution < 1.29 is 18.3 Å². The van der Waals surface area contributed by atoms with Crippen LogP contribution in [-0.4, -0.2) is 28.5 Å². The van der Waals surface area contributed by atoms with Gasteiger partial charge >= 0.3 is 5.97 Å². The molecule has 3 aromatic rings. The third-order valence-electron chi connectivity index (χ3n) is 3.58. The topological polar surface area (TPSA) is 113 Å². The summed E-state index contributed by atoms with van der Waals surface area (Å²) in [6.07, 6.45) is 2.49. The molecule has 0 bridgehead atoms. The van der Waals surface area contributed by atoms with E-state index in [1.807, 2.05) is 13.0 Å². The molecule has 2 aromatic heterocycles. The predicted octanol–water partition coefficient (Wildman–Crippen LogP) is 2.15. The Balaban J connectivity index is 2.40. The Labute approximate surface area is 137 Å². The fourth-order valence-electron chi connectivity index (χ4n) is 2.41. The SMILES string of the molecule is Cc1ccc(S(=O)(=O)n2c(C(=O)O)cc3c(C#N)cncc32)cc1. The number of pyridine rings is 1. The summed E-state index contributed by atoms with van der Waals surface area (Å²) in [5.74, 6) is -1.41. The summed E-state index contributed by atoms with van der Waals surface area (Å²) >= 11 is 0. The number of carboxylic acids is 1. The minimum absolute atomic E-state index is 0.0459. The lowest BCUT2D eigenvalue weighted by atomic mass is 10.2. The fraction of sp³-hybridized carbons (Fsp3) is 0.0625. The molecule has 3 rings (SSSR count). The van der Waals surface area contributed by atoms with E-state index in [9.17, 15) is 18.3 Å². The number of fused-ring (bicyclic) bond motifs is 1. The Bertz CT molecular complexity index is 1110. The number of aryl methyl sites for hydroxylation is 1. The lowest BCUT2D eigenvalue weighted by Gasteiger charge is -2.10. The molecule has 0 radical (unpaired) electrons. The average Bonchev–Trinajstić information content (AvgIpc) is 2.95. The molecule has 0 unspecified atom stereocenters. The van der Waals surface area contributed by atoms with Crippen LogP contribution in [0.15, 0.2) is 47.6 Å². The van der Waals surface area contributed by atoms with Gasteiger partial charge in [0.05, 0.1) is 22.2 Å². The Kier molecular flexibility index (Phi) is 3.58. The molecule has 0 saturated carbocycles. The van der Waals surface area contributed by atoms with Gasteiger partial charge in [-0.05, 0) is 25.1 Å². The molecular formula is C16H11N3O4S. The smallest absolute Gasteiger partial charge is 0.353 e. The number of nitriles is 1. The molecule has 0 atom stereocenters. The van der Waals surface area contributed by atoms with Crippen molar-refractivity contribution in [3.05, 3.63) is 59.5 Å². The molecule has 1 N–H and O–H groups in total. The zero-order valence-corrected chi connectivity index (χ0v) is 13.3. The van der Waals surface area contributed by atoms with Crippen LogP contribution in [0.3, 0.4) is 0 Å². The number of nitrogens with zero attached hydrogens (tertiary/aromatic N) is 3. The number of aromatic carboxylic acids is 1. The Morgan fingerprint density at radius 1 is 1.25 bits per heavy atom. The third kappa shape index (κ3) is 2.31. The quantitative estimate of drug-likeness (QED) is 0.781. The van der Waals surface area contributed by atoms with E-state index >= 15 is 0 Å². The minimum atomic E-state index is -4.15. The normalized spacial score (nSPS) is 11.3. The van der Waals surface area contributed by atoms with Gasteiger partial charge in [-0.1, -0.05) is 17.7 Å². The largest absolute Gasteiger partial charge is 0.477 e. The summed E-state index contributed by atoms with van der Waals surface area (Å²) in [5.41, 5.74) is 0.577. The molecule has 24 heavy (non-hydrogen) atoms. The van der Waals surface area contributed by atoms with Gasteiger partial charge in [0, 0.05) is 11.6 Å². The van der Waals surface area contributed by atoms with Crippen LogP contribution >= 0.6 is 0 Å². The number of hydrogen-bond acceptors (Lipinski definition) is 5. The number of carboxylic acid groups (broad SMARTS) is 1. The number of aromatic nitrogens is 2. The minimum Gasteiger partial charge on any atom is -0.477 e. The van der Waals surface area contributed by atoms with Crippen LogP contribution in [0.25, 0.3) is 10.9 Å². The first kappa shape index (κ1) is 15.7. The van der Waals surface area contributed by atoms with Crippen LogP contribution < -0.4 is 0 Å². The lowest BCUT2D eigenvalue weighted by molar-refractivity contribution is 0.0689. The number of benzene rings is 1. The summed E-state index contributed by atoms with van der Waals surface area (Å²) in [7, 11) is -4.15. The third-order valence-corrected chi connectivity index (χ3v) is 5.33. The van der Waals surface area contributed by atoms with Crippen molar-refractivity contribution in [2.24, 2.45) is 0 Å². The maximum Gasteiger partial charge on any atom is 0.353 e. The van der Waals surface area contributed by atoms with Crippen LogP contribution in [0.4, 0.5) is 0 Å². The van der Waals surface area contributed by atoms with Gasteiger partial charge < -0.3 is 5.11 Å². The molecule has 2 heterocycles. The molecule has 0 fully saturated rings. The van der Waals surface area contributed by atoms with Crippen molar-refractivity contribution in [3.8, 4) is 6.07 Å². The monoisotopic (exact) mass is 341 g/mol. The molecule has 0 saturated heterocycles. The highest BCUT2D eigenvalue weighted by atomic mass is 32.2. The highest BCUT2D eigenvalue weighted by molar-refractivity contribution is 7.90. The van der Waals surface area contributed by atoms with Crippen molar-refractivity contribution in [3.63, 3.8) is 0 Å². The standard InChI is InChI=1S/C16H11N3O4S/c1-10-2-4-12(5-3-10)24(22,23)19-14(16(20)21)6-13-11(7-17)8-18-9-15(13)19/h2-6,8-9H,1H3,(H,20,21). The Hall–Kier alpha value is -3.18. The van der Waals surface area contributed by atoms with Crippen molar-refractivity contribution >= 4 is 26.9 Å². The summed E-state index contributed by atoms with van der Waals surface area (Å²) in [4.78, 5) is 15.3. The zero-order valence-electron chi connectivity index (χ0n) is 12.5. The molecule has 0 aliphatic rings. The van der Waals surface area contributed by atoms with Crippen LogP contribution in [0.5, 0.6) is 0 Å².